The van der Waals surface area contributed by atoms with Gasteiger partial charge in [-0.05, 0) is 26.3 Å². The molecule has 0 unspecified atom stereocenters. The molecule has 7 heteroatoms. The molecule has 0 saturated carbocycles. The van der Waals surface area contributed by atoms with E-state index in [0.717, 1.165) is 39.0 Å². The zero-order valence-electron chi connectivity index (χ0n) is 12.5. The summed E-state index contributed by atoms with van der Waals surface area (Å²) in [5.41, 5.74) is 0. The maximum absolute atomic E-state index is 12.5. The van der Waals surface area contributed by atoms with Crippen molar-refractivity contribution < 1.29 is 14.1 Å². The van der Waals surface area contributed by atoms with Gasteiger partial charge in [-0.2, -0.15) is 4.98 Å². The van der Waals surface area contributed by atoms with Gasteiger partial charge in [-0.15, -0.1) is 0 Å². The highest BCUT2D eigenvalue weighted by Crippen LogP contribution is 2.20. The van der Waals surface area contributed by atoms with Crippen LogP contribution < -0.4 is 0 Å². The smallest absolute Gasteiger partial charge is 0.240 e. The molecule has 2 fully saturated rings. The average molecular weight is 294 g/mol. The Bertz CT molecular complexity index is 484. The van der Waals surface area contributed by atoms with Crippen LogP contribution in [-0.2, 0) is 16.1 Å². The lowest BCUT2D eigenvalue weighted by Gasteiger charge is -2.35. The van der Waals surface area contributed by atoms with E-state index in [1.165, 1.54) is 0 Å². The third kappa shape index (κ3) is 3.59. The third-order valence-corrected chi connectivity index (χ3v) is 4.11. The minimum absolute atomic E-state index is 0.0841. The molecule has 3 heterocycles. The fraction of sp³-hybridized carbons (Fsp3) is 0.786. The van der Waals surface area contributed by atoms with Crippen LogP contribution in [0.15, 0.2) is 4.52 Å². The second-order valence-corrected chi connectivity index (χ2v) is 5.75. The van der Waals surface area contributed by atoms with Crippen LogP contribution in [0.3, 0.4) is 0 Å². The molecule has 3 rings (SSSR count). The fourth-order valence-electron chi connectivity index (χ4n) is 3.04. The first kappa shape index (κ1) is 14.5. The van der Waals surface area contributed by atoms with Gasteiger partial charge in [0.1, 0.15) is 0 Å². The van der Waals surface area contributed by atoms with Gasteiger partial charge in [-0.1, -0.05) is 5.16 Å². The summed E-state index contributed by atoms with van der Waals surface area (Å²) in [7, 11) is 0. The van der Waals surface area contributed by atoms with Gasteiger partial charge in [0.2, 0.25) is 11.8 Å². The van der Waals surface area contributed by atoms with Gasteiger partial charge in [0, 0.05) is 19.6 Å². The second kappa shape index (κ2) is 6.53. The number of nitrogens with zero attached hydrogens (tertiary/aromatic N) is 4. The van der Waals surface area contributed by atoms with Gasteiger partial charge < -0.3 is 14.2 Å². The normalized spacial score (nSPS) is 24.2. The van der Waals surface area contributed by atoms with Crippen molar-refractivity contribution in [3.63, 3.8) is 0 Å². The molecule has 7 nitrogen and oxygen atoms in total. The predicted molar refractivity (Wildman–Crippen MR) is 74.4 cm³/mol. The molecule has 2 aliphatic heterocycles. The standard InChI is InChI=1S/C14H22N4O3/c1-11-15-13(21-16-11)10-17-4-2-3-12(9-17)14(19)18-5-7-20-8-6-18/h12H,2-10H2,1H3/t12-/m0/s1. The van der Waals surface area contributed by atoms with Crippen molar-refractivity contribution in [2.75, 3.05) is 39.4 Å². The Morgan fingerprint density at radius 3 is 2.86 bits per heavy atom. The summed E-state index contributed by atoms with van der Waals surface area (Å²) in [4.78, 5) is 21.0. The Morgan fingerprint density at radius 2 is 2.14 bits per heavy atom. The topological polar surface area (TPSA) is 71.7 Å². The quantitative estimate of drug-likeness (QED) is 0.806. The lowest BCUT2D eigenvalue weighted by Crippen LogP contribution is -2.48. The van der Waals surface area contributed by atoms with Crippen LogP contribution in [0.5, 0.6) is 0 Å². The summed E-state index contributed by atoms with van der Waals surface area (Å²) in [6, 6.07) is 0. The summed E-state index contributed by atoms with van der Waals surface area (Å²) in [5.74, 6) is 1.64. The minimum atomic E-state index is 0.0841. The van der Waals surface area contributed by atoms with Crippen molar-refractivity contribution in [3.05, 3.63) is 11.7 Å². The van der Waals surface area contributed by atoms with Crippen LogP contribution in [0, 0.1) is 12.8 Å². The maximum atomic E-state index is 12.5. The number of likely N-dealkylation sites (tertiary alicyclic amines) is 1. The van der Waals surface area contributed by atoms with Gasteiger partial charge in [0.15, 0.2) is 5.82 Å². The molecule has 0 N–H and O–H groups in total. The number of aryl methyl sites for hydroxylation is 1. The number of carbonyl (C=O) groups is 1. The van der Waals surface area contributed by atoms with E-state index < -0.39 is 0 Å². The Kier molecular flexibility index (Phi) is 4.50. The summed E-state index contributed by atoms with van der Waals surface area (Å²) in [6.45, 7) is 6.96. The Hall–Kier alpha value is -1.47. The molecule has 2 aliphatic rings. The minimum Gasteiger partial charge on any atom is -0.378 e. The van der Waals surface area contributed by atoms with Crippen LogP contribution in [0.25, 0.3) is 0 Å². The van der Waals surface area contributed by atoms with Crippen molar-refractivity contribution >= 4 is 5.91 Å². The molecule has 1 amide bonds. The Morgan fingerprint density at radius 1 is 1.33 bits per heavy atom. The number of hydrogen-bond donors (Lipinski definition) is 0. The van der Waals surface area contributed by atoms with Crippen LogP contribution in [0.2, 0.25) is 0 Å². The first-order valence-corrected chi connectivity index (χ1v) is 7.60. The van der Waals surface area contributed by atoms with Crippen molar-refractivity contribution in [1.29, 1.82) is 0 Å². The molecule has 1 atom stereocenters. The summed E-state index contributed by atoms with van der Waals surface area (Å²) in [5, 5.41) is 3.81. The lowest BCUT2D eigenvalue weighted by molar-refractivity contribution is -0.141. The summed E-state index contributed by atoms with van der Waals surface area (Å²) < 4.78 is 10.5. The number of piperidine rings is 1. The highest BCUT2D eigenvalue weighted by Gasteiger charge is 2.30. The number of morpholine rings is 1. The van der Waals surface area contributed by atoms with Gasteiger partial charge in [0.25, 0.3) is 0 Å². The van der Waals surface area contributed by atoms with Crippen LogP contribution in [-0.4, -0.2) is 65.2 Å². The average Bonchev–Trinajstić information content (AvgIpc) is 2.93. The molecule has 2 saturated heterocycles. The highest BCUT2D eigenvalue weighted by atomic mass is 16.5. The van der Waals surface area contributed by atoms with E-state index in [4.69, 9.17) is 9.26 Å². The molecule has 1 aromatic rings. The van der Waals surface area contributed by atoms with Gasteiger partial charge in [-0.3, -0.25) is 9.69 Å². The Balaban J connectivity index is 1.56. The molecule has 0 bridgehead atoms. The van der Waals surface area contributed by atoms with E-state index >= 15 is 0 Å². The van der Waals surface area contributed by atoms with E-state index in [2.05, 4.69) is 15.0 Å². The van der Waals surface area contributed by atoms with E-state index in [1.807, 2.05) is 11.8 Å². The maximum Gasteiger partial charge on any atom is 0.240 e. The molecule has 0 aliphatic carbocycles. The molecular formula is C14H22N4O3. The van der Waals surface area contributed by atoms with Crippen molar-refractivity contribution in [2.45, 2.75) is 26.3 Å². The zero-order valence-corrected chi connectivity index (χ0v) is 12.5. The Labute approximate surface area is 124 Å². The number of hydrogen-bond acceptors (Lipinski definition) is 6. The monoisotopic (exact) mass is 294 g/mol. The summed E-state index contributed by atoms with van der Waals surface area (Å²) in [6.07, 6.45) is 2.00. The largest absolute Gasteiger partial charge is 0.378 e. The molecular weight excluding hydrogens is 272 g/mol. The number of aromatic nitrogens is 2. The molecule has 1 aromatic heterocycles. The van der Waals surface area contributed by atoms with Gasteiger partial charge >= 0.3 is 0 Å². The first-order valence-electron chi connectivity index (χ1n) is 7.60. The number of carbonyl (C=O) groups excluding carboxylic acids is 1. The molecule has 0 aromatic carbocycles. The van der Waals surface area contributed by atoms with Crippen LogP contribution in [0.4, 0.5) is 0 Å². The zero-order chi connectivity index (χ0) is 14.7. The van der Waals surface area contributed by atoms with E-state index in [1.54, 1.807) is 0 Å². The fourth-order valence-corrected chi connectivity index (χ4v) is 3.04. The van der Waals surface area contributed by atoms with E-state index in [0.29, 0.717) is 31.5 Å². The van der Waals surface area contributed by atoms with Crippen molar-refractivity contribution in [3.8, 4) is 0 Å². The number of rotatable bonds is 3. The first-order chi connectivity index (χ1) is 10.2. The van der Waals surface area contributed by atoms with Gasteiger partial charge in [-0.25, -0.2) is 0 Å². The van der Waals surface area contributed by atoms with Crippen molar-refractivity contribution in [2.24, 2.45) is 5.92 Å². The lowest BCUT2D eigenvalue weighted by atomic mass is 9.96. The van der Waals surface area contributed by atoms with Crippen molar-refractivity contribution in [1.82, 2.24) is 19.9 Å². The van der Waals surface area contributed by atoms with Crippen LogP contribution >= 0.6 is 0 Å². The van der Waals surface area contributed by atoms with Crippen LogP contribution in [0.1, 0.15) is 24.6 Å². The summed E-state index contributed by atoms with van der Waals surface area (Å²) >= 11 is 0. The van der Waals surface area contributed by atoms with E-state index in [-0.39, 0.29) is 11.8 Å². The number of ether oxygens (including phenoxy) is 1. The molecule has 0 spiro atoms. The molecule has 21 heavy (non-hydrogen) atoms. The SMILES string of the molecule is Cc1noc(CN2CCC[C@H](C(=O)N3CCOCC3)C2)n1. The molecule has 0 radical (unpaired) electrons. The second-order valence-electron chi connectivity index (χ2n) is 5.75. The molecule has 116 valence electrons. The van der Waals surface area contributed by atoms with Gasteiger partial charge in [0.05, 0.1) is 25.7 Å². The number of amides is 1. The highest BCUT2D eigenvalue weighted by molar-refractivity contribution is 5.79. The third-order valence-electron chi connectivity index (χ3n) is 4.11. The van der Waals surface area contributed by atoms with E-state index in [9.17, 15) is 4.79 Å². The predicted octanol–water partition coefficient (Wildman–Crippen LogP) is 0.449.